The maximum absolute atomic E-state index is 12.1. The van der Waals surface area contributed by atoms with Crippen molar-refractivity contribution in [1.29, 1.82) is 0 Å². The van der Waals surface area contributed by atoms with Gasteiger partial charge in [0.15, 0.2) is 11.7 Å². The Morgan fingerprint density at radius 2 is 1.67 bits per heavy atom. The van der Waals surface area contributed by atoms with Gasteiger partial charge in [0.05, 0.1) is 12.2 Å². The average molecular weight is 429 g/mol. The number of carbonyl (C=O) groups excluding carboxylic acids is 2. The quantitative estimate of drug-likeness (QED) is 0.476. The normalized spacial score (nSPS) is 10.6. The van der Waals surface area contributed by atoms with Gasteiger partial charge < -0.3 is 14.8 Å². The lowest BCUT2D eigenvalue weighted by Crippen LogP contribution is -2.37. The lowest BCUT2D eigenvalue weighted by molar-refractivity contribution is -0.121. The summed E-state index contributed by atoms with van der Waals surface area (Å²) >= 11 is 5.17. The molecule has 0 unspecified atom stereocenters. The van der Waals surface area contributed by atoms with Gasteiger partial charge >= 0.3 is 5.97 Å². The Hall–Kier alpha value is -2.93. The van der Waals surface area contributed by atoms with Crippen LogP contribution >= 0.6 is 12.2 Å². The Labute approximate surface area is 183 Å². The van der Waals surface area contributed by atoms with E-state index in [0.29, 0.717) is 23.6 Å². The van der Waals surface area contributed by atoms with E-state index < -0.39 is 0 Å². The summed E-state index contributed by atoms with van der Waals surface area (Å²) in [5.74, 6) is 0.516. The molecule has 7 heteroatoms. The molecule has 6 nitrogen and oxygen atoms in total. The standard InChI is InChI=1S/C23H28N2O4S/c1-15(2)13-29-22(27)17-9-11-18(12-10-17)24-23(30)25-21(26)14-28-20-8-6-5-7-19(20)16(3)4/h5-12,15-16H,13-14H2,1-4H3,(H2,24,25,26,30). The second kappa shape index (κ2) is 11.3. The number of amides is 1. The van der Waals surface area contributed by atoms with Crippen molar-refractivity contribution in [1.82, 2.24) is 5.32 Å². The van der Waals surface area contributed by atoms with Crippen molar-refractivity contribution in [2.75, 3.05) is 18.5 Å². The van der Waals surface area contributed by atoms with Gasteiger partial charge in [0.2, 0.25) is 0 Å². The second-order valence-corrected chi connectivity index (χ2v) is 7.96. The fourth-order valence-corrected chi connectivity index (χ4v) is 2.80. The second-order valence-electron chi connectivity index (χ2n) is 7.55. The van der Waals surface area contributed by atoms with E-state index in [9.17, 15) is 9.59 Å². The third-order valence-electron chi connectivity index (χ3n) is 4.08. The number of anilines is 1. The summed E-state index contributed by atoms with van der Waals surface area (Å²) in [6.45, 7) is 8.31. The highest BCUT2D eigenvalue weighted by molar-refractivity contribution is 7.80. The zero-order valence-corrected chi connectivity index (χ0v) is 18.5. The SMILES string of the molecule is CC(C)COC(=O)c1ccc(NC(=S)NC(=O)COc2ccccc2C(C)C)cc1. The number of nitrogens with one attached hydrogen (secondary N) is 2. The number of rotatable bonds is 8. The Kier molecular flexibility index (Phi) is 8.80. The van der Waals surface area contributed by atoms with Gasteiger partial charge in [-0.1, -0.05) is 45.9 Å². The molecule has 0 saturated heterocycles. The van der Waals surface area contributed by atoms with Gasteiger partial charge in [0.25, 0.3) is 5.91 Å². The molecule has 0 aliphatic heterocycles. The van der Waals surface area contributed by atoms with Crippen LogP contribution in [0.2, 0.25) is 0 Å². The molecule has 160 valence electrons. The fraction of sp³-hybridized carbons (Fsp3) is 0.348. The summed E-state index contributed by atoms with van der Waals surface area (Å²) in [4.78, 5) is 24.1. The smallest absolute Gasteiger partial charge is 0.338 e. The first-order valence-corrected chi connectivity index (χ1v) is 10.3. The number of hydrogen-bond donors (Lipinski definition) is 2. The van der Waals surface area contributed by atoms with E-state index in [1.165, 1.54) is 0 Å². The van der Waals surface area contributed by atoms with Crippen molar-refractivity contribution in [3.63, 3.8) is 0 Å². The van der Waals surface area contributed by atoms with E-state index in [2.05, 4.69) is 24.5 Å². The van der Waals surface area contributed by atoms with E-state index in [1.54, 1.807) is 24.3 Å². The monoisotopic (exact) mass is 428 g/mol. The average Bonchev–Trinajstić information content (AvgIpc) is 2.71. The van der Waals surface area contributed by atoms with E-state index in [4.69, 9.17) is 21.7 Å². The minimum absolute atomic E-state index is 0.147. The number of ether oxygens (including phenoxy) is 2. The highest BCUT2D eigenvalue weighted by Gasteiger charge is 2.11. The molecule has 1 amide bonds. The molecule has 2 rings (SSSR count). The maximum Gasteiger partial charge on any atom is 0.338 e. The predicted octanol–water partition coefficient (Wildman–Crippen LogP) is 4.51. The molecule has 0 heterocycles. The Bertz CT molecular complexity index is 879. The fourth-order valence-electron chi connectivity index (χ4n) is 2.57. The van der Waals surface area contributed by atoms with Crippen molar-refractivity contribution < 1.29 is 19.1 Å². The minimum Gasteiger partial charge on any atom is -0.483 e. The minimum atomic E-state index is -0.370. The number of carbonyl (C=O) groups is 2. The molecule has 0 radical (unpaired) electrons. The van der Waals surface area contributed by atoms with Crippen LogP contribution in [0.25, 0.3) is 0 Å². The van der Waals surface area contributed by atoms with E-state index >= 15 is 0 Å². The number of esters is 1. The molecule has 0 aliphatic rings. The highest BCUT2D eigenvalue weighted by atomic mass is 32.1. The van der Waals surface area contributed by atoms with Crippen molar-refractivity contribution in [2.45, 2.75) is 33.6 Å². The van der Waals surface area contributed by atoms with Gasteiger partial charge in [0, 0.05) is 5.69 Å². The molecule has 0 atom stereocenters. The molecule has 2 aromatic rings. The van der Waals surface area contributed by atoms with E-state index in [1.807, 2.05) is 38.1 Å². The maximum atomic E-state index is 12.1. The largest absolute Gasteiger partial charge is 0.483 e. The molecule has 0 bridgehead atoms. The van der Waals surface area contributed by atoms with Crippen molar-refractivity contribution in [2.24, 2.45) is 5.92 Å². The summed E-state index contributed by atoms with van der Waals surface area (Å²) in [6.07, 6.45) is 0. The molecule has 0 aromatic heterocycles. The van der Waals surface area contributed by atoms with Crippen LogP contribution in [-0.2, 0) is 9.53 Å². The van der Waals surface area contributed by atoms with Gasteiger partial charge in [0.1, 0.15) is 5.75 Å². The van der Waals surface area contributed by atoms with Gasteiger partial charge in [-0.2, -0.15) is 0 Å². The number of thiocarbonyl (C=S) groups is 1. The lowest BCUT2D eigenvalue weighted by Gasteiger charge is -2.14. The first-order valence-electron chi connectivity index (χ1n) is 9.86. The highest BCUT2D eigenvalue weighted by Crippen LogP contribution is 2.25. The third-order valence-corrected chi connectivity index (χ3v) is 4.28. The van der Waals surface area contributed by atoms with Crippen LogP contribution in [0, 0.1) is 5.92 Å². The zero-order valence-electron chi connectivity index (χ0n) is 17.7. The summed E-state index contributed by atoms with van der Waals surface area (Å²) in [7, 11) is 0. The van der Waals surface area contributed by atoms with Gasteiger partial charge in [-0.05, 0) is 59.9 Å². The number of benzene rings is 2. The molecular formula is C23H28N2O4S. The van der Waals surface area contributed by atoms with Crippen LogP contribution in [0.3, 0.4) is 0 Å². The molecule has 0 aliphatic carbocycles. The van der Waals surface area contributed by atoms with Crippen LogP contribution in [0.4, 0.5) is 5.69 Å². The van der Waals surface area contributed by atoms with Crippen LogP contribution in [0.5, 0.6) is 5.75 Å². The summed E-state index contributed by atoms with van der Waals surface area (Å²) in [5.41, 5.74) is 2.14. The molecule has 2 aromatic carbocycles. The summed E-state index contributed by atoms with van der Waals surface area (Å²) in [6, 6.07) is 14.3. The van der Waals surface area contributed by atoms with E-state index in [0.717, 1.165) is 5.56 Å². The molecule has 30 heavy (non-hydrogen) atoms. The topological polar surface area (TPSA) is 76.7 Å². The van der Waals surface area contributed by atoms with Crippen LogP contribution < -0.4 is 15.4 Å². The lowest BCUT2D eigenvalue weighted by atomic mass is 10.0. The van der Waals surface area contributed by atoms with Gasteiger partial charge in [-0.15, -0.1) is 0 Å². The van der Waals surface area contributed by atoms with E-state index in [-0.39, 0.29) is 35.4 Å². The Morgan fingerprint density at radius 3 is 2.30 bits per heavy atom. The van der Waals surface area contributed by atoms with Crippen molar-refractivity contribution in [3.8, 4) is 5.75 Å². The van der Waals surface area contributed by atoms with Crippen LogP contribution in [0.1, 0.15) is 49.5 Å². The van der Waals surface area contributed by atoms with Crippen molar-refractivity contribution >= 4 is 34.9 Å². The third kappa shape index (κ3) is 7.48. The van der Waals surface area contributed by atoms with Crippen LogP contribution in [0.15, 0.2) is 48.5 Å². The Balaban J connectivity index is 1.82. The zero-order chi connectivity index (χ0) is 22.1. The summed E-state index contributed by atoms with van der Waals surface area (Å²) < 4.78 is 10.8. The van der Waals surface area contributed by atoms with Gasteiger partial charge in [-0.3, -0.25) is 10.1 Å². The van der Waals surface area contributed by atoms with Crippen LogP contribution in [-0.4, -0.2) is 30.2 Å². The summed E-state index contributed by atoms with van der Waals surface area (Å²) in [5, 5.41) is 5.64. The number of para-hydroxylation sites is 1. The first-order chi connectivity index (χ1) is 14.3. The Morgan fingerprint density at radius 1 is 1.00 bits per heavy atom. The molecule has 0 saturated carbocycles. The first kappa shape index (κ1) is 23.3. The predicted molar refractivity (Wildman–Crippen MR) is 122 cm³/mol. The van der Waals surface area contributed by atoms with Crippen molar-refractivity contribution in [3.05, 3.63) is 59.7 Å². The molecule has 2 N–H and O–H groups in total. The molecular weight excluding hydrogens is 400 g/mol. The van der Waals surface area contributed by atoms with Gasteiger partial charge in [-0.25, -0.2) is 4.79 Å². The number of hydrogen-bond acceptors (Lipinski definition) is 5. The molecule has 0 spiro atoms. The molecule has 0 fully saturated rings.